The van der Waals surface area contributed by atoms with Gasteiger partial charge in [-0.1, -0.05) is 42.5 Å². The van der Waals surface area contributed by atoms with E-state index in [9.17, 15) is 9.59 Å². The minimum absolute atomic E-state index is 0.00943. The molecule has 0 unspecified atom stereocenters. The van der Waals surface area contributed by atoms with Gasteiger partial charge < -0.3 is 14.5 Å². The topological polar surface area (TPSA) is 81.4 Å². The normalized spacial score (nSPS) is 12.0. The van der Waals surface area contributed by atoms with E-state index in [0.29, 0.717) is 17.3 Å². The third-order valence-electron chi connectivity index (χ3n) is 4.35. The number of fused-ring (bicyclic) bond motifs is 1. The lowest BCUT2D eigenvalue weighted by molar-refractivity contribution is -0.144. The number of aryl methyl sites for hydroxylation is 2. The molecule has 0 saturated heterocycles. The van der Waals surface area contributed by atoms with Gasteiger partial charge in [-0.05, 0) is 37.5 Å². The quantitative estimate of drug-likeness (QED) is 0.674. The summed E-state index contributed by atoms with van der Waals surface area (Å²) >= 11 is 0. The van der Waals surface area contributed by atoms with Crippen LogP contribution in [0.3, 0.4) is 0 Å². The monoisotopic (exact) mass is 366 g/mol. The molecule has 0 aliphatic heterocycles. The number of nitrogens with zero attached hydrogens (tertiary/aromatic N) is 1. The highest BCUT2D eigenvalue weighted by molar-refractivity contribution is 5.85. The third-order valence-corrected chi connectivity index (χ3v) is 4.35. The summed E-state index contributed by atoms with van der Waals surface area (Å²) in [7, 11) is 0. The van der Waals surface area contributed by atoms with Crippen molar-refractivity contribution in [1.82, 2.24) is 4.98 Å². The van der Waals surface area contributed by atoms with Gasteiger partial charge >= 0.3 is 11.6 Å². The van der Waals surface area contributed by atoms with E-state index < -0.39 is 17.6 Å². The van der Waals surface area contributed by atoms with Gasteiger partial charge in [0.05, 0.1) is 17.5 Å². The standard InChI is InChI=1S/C21H22N2O4/c1-4-26-19(24)16(12-15-8-6-5-7-9-15)22-21-23-18-14(3)11-10-13(2)17(18)20(25)27-21/h5-11,16H,4,12H2,1-3H3,(H,22,23)/t16-/m0/s1. The van der Waals surface area contributed by atoms with E-state index >= 15 is 0 Å². The van der Waals surface area contributed by atoms with Crippen molar-refractivity contribution in [2.24, 2.45) is 0 Å². The Kier molecular flexibility index (Phi) is 5.54. The van der Waals surface area contributed by atoms with Crippen LogP contribution in [0.4, 0.5) is 6.01 Å². The number of hydrogen-bond donors (Lipinski definition) is 1. The van der Waals surface area contributed by atoms with Gasteiger partial charge in [-0.2, -0.15) is 4.98 Å². The second kappa shape index (κ2) is 8.03. The molecule has 140 valence electrons. The van der Waals surface area contributed by atoms with Crippen molar-refractivity contribution in [2.75, 3.05) is 11.9 Å². The maximum Gasteiger partial charge on any atom is 0.348 e. The number of carbonyl (C=O) groups excluding carboxylic acids is 1. The molecule has 0 bridgehead atoms. The van der Waals surface area contributed by atoms with Crippen molar-refractivity contribution in [3.8, 4) is 0 Å². The average molecular weight is 366 g/mol. The van der Waals surface area contributed by atoms with Crippen LogP contribution in [0.2, 0.25) is 0 Å². The summed E-state index contributed by atoms with van der Waals surface area (Å²) in [5.74, 6) is -0.424. The largest absolute Gasteiger partial charge is 0.464 e. The summed E-state index contributed by atoms with van der Waals surface area (Å²) in [6.07, 6.45) is 0.385. The smallest absolute Gasteiger partial charge is 0.348 e. The average Bonchev–Trinajstić information content (AvgIpc) is 2.65. The Morgan fingerprint density at radius 1 is 1.15 bits per heavy atom. The summed E-state index contributed by atoms with van der Waals surface area (Å²) < 4.78 is 10.5. The Labute approximate surface area is 157 Å². The third kappa shape index (κ3) is 4.16. The number of hydrogen-bond acceptors (Lipinski definition) is 6. The molecular weight excluding hydrogens is 344 g/mol. The Morgan fingerprint density at radius 3 is 2.56 bits per heavy atom. The molecular formula is C21H22N2O4. The lowest BCUT2D eigenvalue weighted by Gasteiger charge is -2.17. The van der Waals surface area contributed by atoms with Gasteiger partial charge in [0, 0.05) is 6.42 Å². The molecule has 3 rings (SSSR count). The number of benzene rings is 2. The van der Waals surface area contributed by atoms with Crippen LogP contribution in [0, 0.1) is 13.8 Å². The Morgan fingerprint density at radius 2 is 1.85 bits per heavy atom. The van der Waals surface area contributed by atoms with Gasteiger partial charge in [0.25, 0.3) is 6.01 Å². The van der Waals surface area contributed by atoms with E-state index in [4.69, 9.17) is 9.15 Å². The van der Waals surface area contributed by atoms with Gasteiger partial charge in [-0.3, -0.25) is 0 Å². The molecule has 0 spiro atoms. The Bertz CT molecular complexity index is 1010. The fraction of sp³-hybridized carbons (Fsp3) is 0.286. The molecule has 1 atom stereocenters. The van der Waals surface area contributed by atoms with Crippen molar-refractivity contribution in [2.45, 2.75) is 33.2 Å². The molecule has 0 amide bonds. The first kappa shape index (κ1) is 18.6. The van der Waals surface area contributed by atoms with Crippen LogP contribution < -0.4 is 10.9 Å². The highest BCUT2D eigenvalue weighted by Gasteiger charge is 2.23. The molecule has 0 fully saturated rings. The molecule has 0 aliphatic carbocycles. The zero-order valence-corrected chi connectivity index (χ0v) is 15.6. The van der Waals surface area contributed by atoms with Gasteiger partial charge in [-0.25, -0.2) is 9.59 Å². The summed E-state index contributed by atoms with van der Waals surface area (Å²) in [6.45, 7) is 5.73. The van der Waals surface area contributed by atoms with E-state index in [0.717, 1.165) is 16.7 Å². The molecule has 0 radical (unpaired) electrons. The number of aromatic nitrogens is 1. The van der Waals surface area contributed by atoms with Crippen molar-refractivity contribution in [3.05, 3.63) is 69.6 Å². The number of carbonyl (C=O) groups is 1. The number of nitrogens with one attached hydrogen (secondary N) is 1. The molecule has 0 aliphatic rings. The minimum atomic E-state index is -0.717. The van der Waals surface area contributed by atoms with Gasteiger partial charge in [0.1, 0.15) is 6.04 Å². The molecule has 2 aromatic carbocycles. The van der Waals surface area contributed by atoms with Gasteiger partial charge in [0.2, 0.25) is 0 Å². The van der Waals surface area contributed by atoms with Crippen LogP contribution in [0.15, 0.2) is 51.7 Å². The van der Waals surface area contributed by atoms with Gasteiger partial charge in [-0.15, -0.1) is 0 Å². The molecule has 3 aromatic rings. The summed E-state index contributed by atoms with van der Waals surface area (Å²) in [4.78, 5) is 29.3. The van der Waals surface area contributed by atoms with E-state index in [1.165, 1.54) is 0 Å². The van der Waals surface area contributed by atoms with Crippen LogP contribution in [-0.4, -0.2) is 23.6 Å². The highest BCUT2D eigenvalue weighted by Crippen LogP contribution is 2.20. The number of ether oxygens (including phenoxy) is 1. The van der Waals surface area contributed by atoms with E-state index in [2.05, 4.69) is 10.3 Å². The van der Waals surface area contributed by atoms with Crippen molar-refractivity contribution >= 4 is 22.9 Å². The zero-order valence-electron chi connectivity index (χ0n) is 15.6. The van der Waals surface area contributed by atoms with E-state index in [1.807, 2.05) is 56.3 Å². The number of rotatable bonds is 6. The Balaban J connectivity index is 1.96. The summed E-state index contributed by atoms with van der Waals surface area (Å²) in [5, 5.41) is 3.39. The van der Waals surface area contributed by atoms with Crippen LogP contribution in [0.5, 0.6) is 0 Å². The zero-order chi connectivity index (χ0) is 19.4. The molecule has 6 nitrogen and oxygen atoms in total. The minimum Gasteiger partial charge on any atom is -0.464 e. The first-order valence-corrected chi connectivity index (χ1v) is 8.87. The van der Waals surface area contributed by atoms with Gasteiger partial charge in [0.15, 0.2) is 0 Å². The number of anilines is 1. The van der Waals surface area contributed by atoms with Crippen LogP contribution in [-0.2, 0) is 16.0 Å². The second-order valence-corrected chi connectivity index (χ2v) is 6.37. The molecule has 1 N–H and O–H groups in total. The molecule has 6 heteroatoms. The fourth-order valence-corrected chi connectivity index (χ4v) is 2.96. The lowest BCUT2D eigenvalue weighted by Crippen LogP contribution is -2.34. The maximum absolute atomic E-state index is 12.4. The summed E-state index contributed by atoms with van der Waals surface area (Å²) in [5.41, 5.74) is 2.71. The molecule has 27 heavy (non-hydrogen) atoms. The molecule has 1 heterocycles. The first-order valence-electron chi connectivity index (χ1n) is 8.87. The maximum atomic E-state index is 12.4. The predicted molar refractivity (Wildman–Crippen MR) is 104 cm³/mol. The Hall–Kier alpha value is -3.15. The van der Waals surface area contributed by atoms with E-state index in [-0.39, 0.29) is 12.6 Å². The highest BCUT2D eigenvalue weighted by atomic mass is 16.5. The van der Waals surface area contributed by atoms with Crippen LogP contribution >= 0.6 is 0 Å². The predicted octanol–water partition coefficient (Wildman–Crippen LogP) is 3.39. The van der Waals surface area contributed by atoms with Crippen molar-refractivity contribution in [3.63, 3.8) is 0 Å². The van der Waals surface area contributed by atoms with E-state index in [1.54, 1.807) is 6.92 Å². The first-order chi connectivity index (χ1) is 13.0. The fourth-order valence-electron chi connectivity index (χ4n) is 2.96. The van der Waals surface area contributed by atoms with Crippen molar-refractivity contribution in [1.29, 1.82) is 0 Å². The molecule has 0 saturated carbocycles. The van der Waals surface area contributed by atoms with Crippen LogP contribution in [0.25, 0.3) is 10.9 Å². The lowest BCUT2D eigenvalue weighted by atomic mass is 10.1. The number of esters is 1. The SMILES string of the molecule is CCOC(=O)[C@H](Cc1ccccc1)Nc1nc2c(C)ccc(C)c2c(=O)o1. The van der Waals surface area contributed by atoms with Crippen molar-refractivity contribution < 1.29 is 13.9 Å². The summed E-state index contributed by atoms with van der Waals surface area (Å²) in [6, 6.07) is 12.6. The second-order valence-electron chi connectivity index (χ2n) is 6.37. The molecule has 1 aromatic heterocycles. The van der Waals surface area contributed by atoms with Crippen LogP contribution in [0.1, 0.15) is 23.6 Å².